The second-order valence-electron chi connectivity index (χ2n) is 6.00. The normalized spacial score (nSPS) is 26.0. The van der Waals surface area contributed by atoms with E-state index in [0.717, 1.165) is 17.7 Å². The monoisotopic (exact) mass is 290 g/mol. The number of aliphatic hydroxyl groups is 1. The highest BCUT2D eigenvalue weighted by molar-refractivity contribution is 7.80. The highest BCUT2D eigenvalue weighted by atomic mass is 32.1. The van der Waals surface area contributed by atoms with Gasteiger partial charge in [-0.1, -0.05) is 56.4 Å². The van der Waals surface area contributed by atoms with Crippen LogP contribution < -0.4 is 0 Å². The van der Waals surface area contributed by atoms with Crippen molar-refractivity contribution in [3.63, 3.8) is 0 Å². The van der Waals surface area contributed by atoms with E-state index in [2.05, 4.69) is 18.9 Å². The standard InChI is InChI=1S/C16H22N2OS/c1-11(2)10-14-12(3)17-18(16(14,4)19)15(20)13-8-6-5-7-9-13/h5-9,11,14,19H,10H2,1-4H3/t14-,16+/m1/s1. The first kappa shape index (κ1) is 15.1. The van der Waals surface area contributed by atoms with Gasteiger partial charge in [0.25, 0.3) is 0 Å². The van der Waals surface area contributed by atoms with Crippen molar-refractivity contribution in [2.75, 3.05) is 0 Å². The van der Waals surface area contributed by atoms with Crippen LogP contribution in [0.3, 0.4) is 0 Å². The molecule has 1 aromatic rings. The van der Waals surface area contributed by atoms with Crippen molar-refractivity contribution in [1.82, 2.24) is 5.01 Å². The molecule has 0 saturated heterocycles. The van der Waals surface area contributed by atoms with Crippen LogP contribution in [0.4, 0.5) is 0 Å². The minimum atomic E-state index is -1.05. The van der Waals surface area contributed by atoms with Crippen molar-refractivity contribution < 1.29 is 5.11 Å². The van der Waals surface area contributed by atoms with Crippen molar-refractivity contribution in [2.24, 2.45) is 16.9 Å². The van der Waals surface area contributed by atoms with Crippen LogP contribution in [0, 0.1) is 11.8 Å². The fraction of sp³-hybridized carbons (Fsp3) is 0.500. The van der Waals surface area contributed by atoms with Crippen molar-refractivity contribution in [3.8, 4) is 0 Å². The summed E-state index contributed by atoms with van der Waals surface area (Å²) in [6.45, 7) is 8.08. The van der Waals surface area contributed by atoms with Gasteiger partial charge in [-0.05, 0) is 26.2 Å². The average molecular weight is 290 g/mol. The minimum Gasteiger partial charge on any atom is -0.369 e. The van der Waals surface area contributed by atoms with E-state index in [-0.39, 0.29) is 5.92 Å². The smallest absolute Gasteiger partial charge is 0.164 e. The van der Waals surface area contributed by atoms with E-state index in [9.17, 15) is 5.11 Å². The molecule has 1 heterocycles. The van der Waals surface area contributed by atoms with E-state index >= 15 is 0 Å². The first-order valence-electron chi connectivity index (χ1n) is 7.01. The molecule has 0 bridgehead atoms. The fourth-order valence-corrected chi connectivity index (χ4v) is 3.05. The van der Waals surface area contributed by atoms with E-state index in [0.29, 0.717) is 10.9 Å². The zero-order chi connectivity index (χ0) is 14.9. The molecule has 0 aliphatic carbocycles. The molecule has 108 valence electrons. The third-order valence-electron chi connectivity index (χ3n) is 3.77. The van der Waals surface area contributed by atoms with Crippen molar-refractivity contribution in [1.29, 1.82) is 0 Å². The number of nitrogens with zero attached hydrogens (tertiary/aromatic N) is 2. The number of hydrazone groups is 1. The highest BCUT2D eigenvalue weighted by Gasteiger charge is 2.46. The van der Waals surface area contributed by atoms with Crippen LogP contribution in [-0.4, -0.2) is 26.5 Å². The highest BCUT2D eigenvalue weighted by Crippen LogP contribution is 2.36. The summed E-state index contributed by atoms with van der Waals surface area (Å²) in [6.07, 6.45) is 0.899. The number of hydrogen-bond donors (Lipinski definition) is 1. The van der Waals surface area contributed by atoms with E-state index in [1.165, 1.54) is 0 Å². The fourth-order valence-electron chi connectivity index (χ4n) is 2.69. The Bertz CT molecular complexity index is 523. The summed E-state index contributed by atoms with van der Waals surface area (Å²) in [4.78, 5) is 0.571. The quantitative estimate of drug-likeness (QED) is 0.866. The lowest BCUT2D eigenvalue weighted by molar-refractivity contribution is -0.0681. The molecule has 1 aromatic carbocycles. The Morgan fingerprint density at radius 2 is 2.00 bits per heavy atom. The lowest BCUT2D eigenvalue weighted by atomic mass is 9.86. The van der Waals surface area contributed by atoms with Crippen molar-refractivity contribution >= 4 is 22.9 Å². The first-order chi connectivity index (χ1) is 9.34. The van der Waals surface area contributed by atoms with Gasteiger partial charge in [-0.25, -0.2) is 5.01 Å². The maximum atomic E-state index is 10.9. The van der Waals surface area contributed by atoms with Crippen LogP contribution in [0.15, 0.2) is 35.4 Å². The summed E-state index contributed by atoms with van der Waals surface area (Å²) < 4.78 is 0. The third kappa shape index (κ3) is 2.76. The second-order valence-corrected chi connectivity index (χ2v) is 6.39. The van der Waals surface area contributed by atoms with Gasteiger partial charge in [0.05, 0.1) is 0 Å². The number of hydrogen-bond acceptors (Lipinski definition) is 3. The van der Waals surface area contributed by atoms with Gasteiger partial charge in [-0.15, -0.1) is 0 Å². The predicted molar refractivity (Wildman–Crippen MR) is 86.7 cm³/mol. The van der Waals surface area contributed by atoms with Gasteiger partial charge in [-0.2, -0.15) is 5.10 Å². The third-order valence-corrected chi connectivity index (χ3v) is 4.18. The Balaban J connectivity index is 2.28. The van der Waals surface area contributed by atoms with Gasteiger partial charge in [0.1, 0.15) is 4.99 Å². The minimum absolute atomic E-state index is 0.0177. The molecule has 0 aromatic heterocycles. The van der Waals surface area contributed by atoms with Gasteiger partial charge >= 0.3 is 0 Å². The topological polar surface area (TPSA) is 35.8 Å². The summed E-state index contributed by atoms with van der Waals surface area (Å²) >= 11 is 5.51. The van der Waals surface area contributed by atoms with Crippen LogP contribution in [0.2, 0.25) is 0 Å². The summed E-state index contributed by atoms with van der Waals surface area (Å²) in [6, 6.07) is 9.71. The molecule has 3 nitrogen and oxygen atoms in total. The molecule has 20 heavy (non-hydrogen) atoms. The predicted octanol–water partition coefficient (Wildman–Crippen LogP) is 3.42. The molecule has 1 aliphatic rings. The van der Waals surface area contributed by atoms with Gasteiger partial charge in [0.2, 0.25) is 0 Å². The zero-order valence-corrected chi connectivity index (χ0v) is 13.3. The van der Waals surface area contributed by atoms with Crippen LogP contribution in [-0.2, 0) is 0 Å². The SMILES string of the molecule is CC1=NN(C(=S)c2ccccc2)[C@@](C)(O)[C@@H]1CC(C)C. The average Bonchev–Trinajstić information content (AvgIpc) is 2.62. The van der Waals surface area contributed by atoms with E-state index < -0.39 is 5.72 Å². The Morgan fingerprint density at radius 1 is 1.40 bits per heavy atom. The van der Waals surface area contributed by atoms with Gasteiger partial charge in [0.15, 0.2) is 5.72 Å². The Kier molecular flexibility index (Phi) is 4.25. The molecule has 0 amide bonds. The Labute approximate surface area is 126 Å². The first-order valence-corrected chi connectivity index (χ1v) is 7.42. The maximum absolute atomic E-state index is 10.9. The van der Waals surface area contributed by atoms with Crippen LogP contribution >= 0.6 is 12.2 Å². The molecule has 4 heteroatoms. The zero-order valence-electron chi connectivity index (χ0n) is 12.5. The van der Waals surface area contributed by atoms with Crippen LogP contribution in [0.1, 0.15) is 39.7 Å². The Hall–Kier alpha value is -1.26. The summed E-state index contributed by atoms with van der Waals surface area (Å²) in [5, 5.41) is 17.0. The molecular formula is C16H22N2OS. The van der Waals surface area contributed by atoms with Crippen molar-refractivity contribution in [2.45, 2.75) is 39.8 Å². The number of rotatable bonds is 3. The molecule has 1 aliphatic heterocycles. The van der Waals surface area contributed by atoms with Gasteiger partial charge < -0.3 is 5.11 Å². The molecule has 2 atom stereocenters. The summed E-state index contributed by atoms with van der Waals surface area (Å²) in [5.74, 6) is 0.519. The summed E-state index contributed by atoms with van der Waals surface area (Å²) in [7, 11) is 0. The number of benzene rings is 1. The molecule has 0 unspecified atom stereocenters. The van der Waals surface area contributed by atoms with Crippen molar-refractivity contribution in [3.05, 3.63) is 35.9 Å². The number of thiocarbonyl (C=S) groups is 1. The molecule has 0 radical (unpaired) electrons. The molecule has 2 rings (SSSR count). The lowest BCUT2D eigenvalue weighted by Gasteiger charge is -2.34. The lowest BCUT2D eigenvalue weighted by Crippen LogP contribution is -2.48. The second kappa shape index (κ2) is 5.62. The summed E-state index contributed by atoms with van der Waals surface area (Å²) in [5.41, 5.74) is 0.799. The molecule has 0 spiro atoms. The molecule has 0 fully saturated rings. The van der Waals surface area contributed by atoms with E-state index in [1.54, 1.807) is 11.9 Å². The maximum Gasteiger partial charge on any atom is 0.164 e. The molecule has 0 saturated carbocycles. The van der Waals surface area contributed by atoms with E-state index in [4.69, 9.17) is 12.2 Å². The van der Waals surface area contributed by atoms with Gasteiger partial charge in [-0.3, -0.25) is 0 Å². The largest absolute Gasteiger partial charge is 0.369 e. The molecular weight excluding hydrogens is 268 g/mol. The van der Waals surface area contributed by atoms with E-state index in [1.807, 2.05) is 37.3 Å². The molecule has 1 N–H and O–H groups in total. The van der Waals surface area contributed by atoms with Gasteiger partial charge in [0, 0.05) is 17.2 Å². The Morgan fingerprint density at radius 3 is 2.55 bits per heavy atom. The van der Waals surface area contributed by atoms with Crippen LogP contribution in [0.5, 0.6) is 0 Å². The van der Waals surface area contributed by atoms with Crippen LogP contribution in [0.25, 0.3) is 0 Å².